The fraction of sp³-hybridized carbons (Fsp3) is 0. The van der Waals surface area contributed by atoms with Gasteiger partial charge in [-0.3, -0.25) is 0 Å². The van der Waals surface area contributed by atoms with Crippen LogP contribution in [0.4, 0.5) is 11.5 Å². The smallest absolute Gasteiger partial charge is 0.335 e. The molecule has 0 aliphatic heterocycles. The number of carboxylic acid groups (broad SMARTS) is 1. The van der Waals surface area contributed by atoms with E-state index >= 15 is 0 Å². The summed E-state index contributed by atoms with van der Waals surface area (Å²) < 4.78 is 1.84. The molecule has 0 saturated carbocycles. The highest BCUT2D eigenvalue weighted by atomic mass is 79.9. The molecule has 0 atom stereocenters. The molecule has 0 radical (unpaired) electrons. The van der Waals surface area contributed by atoms with Crippen LogP contribution < -0.4 is 5.32 Å². The van der Waals surface area contributed by atoms with Crippen LogP contribution in [0.3, 0.4) is 0 Å². The predicted molar refractivity (Wildman–Crippen MR) is 84.0 cm³/mol. The van der Waals surface area contributed by atoms with Crippen LogP contribution in [0.1, 0.15) is 10.4 Å². The zero-order chi connectivity index (χ0) is 14.1. The van der Waals surface area contributed by atoms with E-state index in [1.54, 1.807) is 35.7 Å². The predicted octanol–water partition coefficient (Wildman–Crippen LogP) is 4.50. The number of nitrogens with one attached hydrogen (secondary N) is 1. The molecule has 6 heteroatoms. The summed E-state index contributed by atoms with van der Waals surface area (Å²) in [6.07, 6.45) is 1.75. The number of thiophene rings is 1. The lowest BCUT2D eigenvalue weighted by Gasteiger charge is -2.09. The Balaban J connectivity index is 1.99. The molecule has 2 N–H and O–H groups in total. The molecule has 0 saturated heterocycles. The number of nitrogens with zero attached hydrogens (tertiary/aromatic N) is 1. The molecule has 0 bridgehead atoms. The van der Waals surface area contributed by atoms with Crippen LogP contribution in [-0.4, -0.2) is 16.1 Å². The summed E-state index contributed by atoms with van der Waals surface area (Å²) in [5.41, 5.74) is 1.02. The number of carboxylic acids is 1. The number of rotatable bonds is 3. The molecule has 100 valence electrons. The zero-order valence-electron chi connectivity index (χ0n) is 10.1. The number of pyridine rings is 1. The van der Waals surface area contributed by atoms with E-state index in [9.17, 15) is 4.79 Å². The highest BCUT2D eigenvalue weighted by molar-refractivity contribution is 9.10. The van der Waals surface area contributed by atoms with Gasteiger partial charge < -0.3 is 10.4 Å². The summed E-state index contributed by atoms with van der Waals surface area (Å²) in [6, 6.07) is 8.82. The van der Waals surface area contributed by atoms with Crippen molar-refractivity contribution < 1.29 is 9.90 Å². The van der Waals surface area contributed by atoms with Crippen molar-refractivity contribution in [2.75, 3.05) is 5.32 Å². The van der Waals surface area contributed by atoms with E-state index < -0.39 is 5.97 Å². The molecule has 4 nitrogen and oxygen atoms in total. The van der Waals surface area contributed by atoms with E-state index in [1.807, 2.05) is 17.5 Å². The van der Waals surface area contributed by atoms with Gasteiger partial charge >= 0.3 is 5.97 Å². The van der Waals surface area contributed by atoms with Crippen LogP contribution in [0.5, 0.6) is 0 Å². The average Bonchev–Trinajstić information content (AvgIpc) is 2.90. The van der Waals surface area contributed by atoms with Crippen LogP contribution in [0.15, 0.2) is 46.4 Å². The van der Waals surface area contributed by atoms with Crippen molar-refractivity contribution in [3.63, 3.8) is 0 Å². The van der Waals surface area contributed by atoms with Gasteiger partial charge in [0.1, 0.15) is 5.82 Å². The number of halogens is 1. The number of fused-ring (bicyclic) bond motifs is 1. The molecule has 20 heavy (non-hydrogen) atoms. The molecular weight excluding hydrogens is 340 g/mol. The molecule has 0 aliphatic carbocycles. The van der Waals surface area contributed by atoms with Gasteiger partial charge in [-0.05, 0) is 51.6 Å². The molecule has 0 spiro atoms. The second-order valence-electron chi connectivity index (χ2n) is 4.12. The number of benzene rings is 1. The zero-order valence-corrected chi connectivity index (χ0v) is 12.5. The van der Waals surface area contributed by atoms with Crippen LogP contribution in [0, 0.1) is 0 Å². The molecular formula is C14H9BrN2O2S. The van der Waals surface area contributed by atoms with Crippen LogP contribution >= 0.6 is 27.3 Å². The molecule has 0 aliphatic rings. The lowest BCUT2D eigenvalue weighted by atomic mass is 10.2. The summed E-state index contributed by atoms with van der Waals surface area (Å²) in [5.74, 6) is -0.192. The maximum Gasteiger partial charge on any atom is 0.335 e. The van der Waals surface area contributed by atoms with Crippen molar-refractivity contribution in [3.05, 3.63) is 51.9 Å². The topological polar surface area (TPSA) is 62.2 Å². The summed E-state index contributed by atoms with van der Waals surface area (Å²) in [4.78, 5) is 15.2. The Bertz CT molecular complexity index is 801. The van der Waals surface area contributed by atoms with Gasteiger partial charge in [0, 0.05) is 20.8 Å². The van der Waals surface area contributed by atoms with Gasteiger partial charge in [-0.15, -0.1) is 11.3 Å². The number of carbonyl (C=O) groups is 1. The second kappa shape index (κ2) is 5.22. The van der Waals surface area contributed by atoms with Crippen molar-refractivity contribution in [2.45, 2.75) is 0 Å². The minimum Gasteiger partial charge on any atom is -0.478 e. The molecule has 0 amide bonds. The highest BCUT2D eigenvalue weighted by Gasteiger charge is 2.09. The summed E-state index contributed by atoms with van der Waals surface area (Å²) in [7, 11) is 0. The Morgan fingerprint density at radius 3 is 2.90 bits per heavy atom. The van der Waals surface area contributed by atoms with Crippen molar-refractivity contribution in [1.29, 1.82) is 0 Å². The van der Waals surface area contributed by atoms with Gasteiger partial charge in [0.2, 0.25) is 0 Å². The maximum absolute atomic E-state index is 10.9. The first kappa shape index (κ1) is 13.1. The number of hydrogen-bond donors (Lipinski definition) is 2. The Hall–Kier alpha value is -1.92. The summed E-state index contributed by atoms with van der Waals surface area (Å²) in [6.45, 7) is 0. The number of aromatic nitrogens is 1. The minimum absolute atomic E-state index is 0.240. The molecule has 0 fully saturated rings. The highest BCUT2D eigenvalue weighted by Crippen LogP contribution is 2.31. The monoisotopic (exact) mass is 348 g/mol. The quantitative estimate of drug-likeness (QED) is 0.731. The van der Waals surface area contributed by atoms with Crippen molar-refractivity contribution >= 4 is 54.8 Å². The first-order valence-electron chi connectivity index (χ1n) is 5.77. The fourth-order valence-corrected chi connectivity index (χ4v) is 3.13. The third-order valence-electron chi connectivity index (χ3n) is 2.85. The molecule has 2 heterocycles. The van der Waals surface area contributed by atoms with Crippen molar-refractivity contribution in [1.82, 2.24) is 4.98 Å². The van der Waals surface area contributed by atoms with E-state index in [0.29, 0.717) is 4.47 Å². The van der Waals surface area contributed by atoms with Crippen LogP contribution in [-0.2, 0) is 0 Å². The molecule has 3 rings (SSSR count). The van der Waals surface area contributed by atoms with E-state index in [1.165, 1.54) is 0 Å². The first-order chi connectivity index (χ1) is 9.65. The van der Waals surface area contributed by atoms with Gasteiger partial charge in [0.05, 0.1) is 11.3 Å². The Labute approximate surface area is 127 Å². The Morgan fingerprint density at radius 2 is 2.15 bits per heavy atom. The molecule has 0 unspecified atom stereocenters. The lowest BCUT2D eigenvalue weighted by molar-refractivity contribution is 0.0697. The SMILES string of the molecule is O=C(O)c1ccc(Nc2nccc3sccc23)c(Br)c1. The van der Waals surface area contributed by atoms with Crippen LogP contribution in [0.2, 0.25) is 0 Å². The number of anilines is 2. The molecule has 2 aromatic heterocycles. The lowest BCUT2D eigenvalue weighted by Crippen LogP contribution is -1.99. The number of aromatic carboxylic acids is 1. The van der Waals surface area contributed by atoms with Gasteiger partial charge in [-0.1, -0.05) is 0 Å². The van der Waals surface area contributed by atoms with E-state index in [0.717, 1.165) is 21.6 Å². The largest absolute Gasteiger partial charge is 0.478 e. The van der Waals surface area contributed by atoms with Gasteiger partial charge in [-0.2, -0.15) is 0 Å². The third-order valence-corrected chi connectivity index (χ3v) is 4.39. The average molecular weight is 349 g/mol. The van der Waals surface area contributed by atoms with E-state index in [2.05, 4.69) is 26.2 Å². The summed E-state index contributed by atoms with van der Waals surface area (Å²) >= 11 is 5.03. The van der Waals surface area contributed by atoms with E-state index in [4.69, 9.17) is 5.11 Å². The van der Waals surface area contributed by atoms with E-state index in [-0.39, 0.29) is 5.56 Å². The summed E-state index contributed by atoms with van der Waals surface area (Å²) in [5, 5.41) is 15.2. The molecule has 1 aromatic carbocycles. The van der Waals surface area contributed by atoms with Gasteiger partial charge in [0.25, 0.3) is 0 Å². The fourth-order valence-electron chi connectivity index (χ4n) is 1.87. The maximum atomic E-state index is 10.9. The standard InChI is InChI=1S/C14H9BrN2O2S/c15-10-7-8(14(18)19)1-2-11(10)17-13-9-4-6-20-12(9)3-5-16-13/h1-7H,(H,16,17)(H,18,19). The van der Waals surface area contributed by atoms with Gasteiger partial charge in [-0.25, -0.2) is 9.78 Å². The third kappa shape index (κ3) is 2.39. The Kier molecular flexibility index (Phi) is 3.42. The van der Waals surface area contributed by atoms with Crippen molar-refractivity contribution in [3.8, 4) is 0 Å². The minimum atomic E-state index is -0.949. The van der Waals surface area contributed by atoms with Gasteiger partial charge in [0.15, 0.2) is 0 Å². The van der Waals surface area contributed by atoms with Crippen molar-refractivity contribution in [2.24, 2.45) is 0 Å². The first-order valence-corrected chi connectivity index (χ1v) is 7.44. The normalized spacial score (nSPS) is 10.7. The number of hydrogen-bond acceptors (Lipinski definition) is 4. The second-order valence-corrected chi connectivity index (χ2v) is 5.92. The van der Waals surface area contributed by atoms with Crippen LogP contribution in [0.25, 0.3) is 10.1 Å². The molecule has 3 aromatic rings. The Morgan fingerprint density at radius 1 is 1.30 bits per heavy atom.